The van der Waals surface area contributed by atoms with E-state index in [1.807, 2.05) is 31.7 Å². The van der Waals surface area contributed by atoms with Gasteiger partial charge in [0.1, 0.15) is 17.5 Å². The maximum absolute atomic E-state index is 12.3. The second-order valence-corrected chi connectivity index (χ2v) is 10.4. The molecule has 1 aromatic heterocycles. The molecule has 1 saturated carbocycles. The molecule has 0 unspecified atom stereocenters. The van der Waals surface area contributed by atoms with Gasteiger partial charge >= 0.3 is 6.09 Å². The molecule has 2 atom stereocenters. The van der Waals surface area contributed by atoms with Crippen LogP contribution in [0, 0.1) is 11.3 Å². The van der Waals surface area contributed by atoms with E-state index in [1.54, 1.807) is 0 Å². The zero-order chi connectivity index (χ0) is 22.1. The number of carbonyl (C=O) groups is 1. The van der Waals surface area contributed by atoms with E-state index in [0.29, 0.717) is 5.92 Å². The van der Waals surface area contributed by atoms with E-state index < -0.39 is 5.60 Å². The highest BCUT2D eigenvalue weighted by Crippen LogP contribution is 2.47. The Kier molecular flexibility index (Phi) is 5.96. The van der Waals surface area contributed by atoms with Crippen LogP contribution in [-0.2, 0) is 11.3 Å². The van der Waals surface area contributed by atoms with Crippen molar-refractivity contribution in [2.24, 2.45) is 11.3 Å². The quantitative estimate of drug-likeness (QED) is 0.662. The summed E-state index contributed by atoms with van der Waals surface area (Å²) >= 11 is 0. The largest absolute Gasteiger partial charge is 0.490 e. The van der Waals surface area contributed by atoms with E-state index in [1.165, 1.54) is 5.56 Å². The maximum atomic E-state index is 12.3. The maximum Gasteiger partial charge on any atom is 0.410 e. The second kappa shape index (κ2) is 8.52. The first-order chi connectivity index (χ1) is 14.7. The summed E-state index contributed by atoms with van der Waals surface area (Å²) in [5, 5.41) is 0. The van der Waals surface area contributed by atoms with Crippen molar-refractivity contribution in [1.82, 2.24) is 4.90 Å². The van der Waals surface area contributed by atoms with Gasteiger partial charge in [-0.3, -0.25) is 0 Å². The molecule has 2 fully saturated rings. The fourth-order valence-electron chi connectivity index (χ4n) is 4.93. The normalized spacial score (nSPS) is 22.6. The Morgan fingerprint density at radius 1 is 1.13 bits per heavy atom. The first-order valence-corrected chi connectivity index (χ1v) is 11.4. The first-order valence-electron chi connectivity index (χ1n) is 11.4. The van der Waals surface area contributed by atoms with Crippen molar-refractivity contribution in [2.45, 2.75) is 65.2 Å². The Morgan fingerprint density at radius 2 is 1.81 bits per heavy atom. The molecule has 2 aliphatic rings. The Hall–Kier alpha value is -2.56. The van der Waals surface area contributed by atoms with E-state index in [2.05, 4.69) is 60.3 Å². The smallest absolute Gasteiger partial charge is 0.410 e. The van der Waals surface area contributed by atoms with Crippen LogP contribution in [0.4, 0.5) is 4.79 Å². The van der Waals surface area contributed by atoms with E-state index in [0.717, 1.165) is 44.6 Å². The summed E-state index contributed by atoms with van der Waals surface area (Å²) in [7, 11) is 0. The molecular weight excluding hydrogens is 388 g/mol. The van der Waals surface area contributed by atoms with Crippen LogP contribution < -0.4 is 9.30 Å². The van der Waals surface area contributed by atoms with Crippen molar-refractivity contribution in [3.05, 3.63) is 60.4 Å². The van der Waals surface area contributed by atoms with Crippen LogP contribution in [0.25, 0.3) is 0 Å². The number of hydrogen-bond acceptors (Lipinski definition) is 3. The molecule has 5 heteroatoms. The van der Waals surface area contributed by atoms with Crippen LogP contribution in [0.5, 0.6) is 5.75 Å². The molecule has 2 heterocycles. The molecule has 0 bridgehead atoms. The number of pyridine rings is 1. The van der Waals surface area contributed by atoms with Gasteiger partial charge in [-0.1, -0.05) is 37.3 Å². The van der Waals surface area contributed by atoms with Crippen molar-refractivity contribution < 1.29 is 18.8 Å². The molecule has 1 amide bonds. The molecule has 31 heavy (non-hydrogen) atoms. The number of rotatable bonds is 4. The molecule has 0 N–H and O–H groups in total. The van der Waals surface area contributed by atoms with E-state index in [4.69, 9.17) is 9.47 Å². The van der Waals surface area contributed by atoms with Crippen LogP contribution in [0.15, 0.2) is 54.9 Å². The van der Waals surface area contributed by atoms with Gasteiger partial charge < -0.3 is 14.4 Å². The zero-order valence-corrected chi connectivity index (χ0v) is 19.2. The summed E-state index contributed by atoms with van der Waals surface area (Å²) in [5.41, 5.74) is 1.09. The number of carbonyl (C=O) groups excluding carboxylic acids is 1. The average molecular weight is 424 g/mol. The Balaban J connectivity index is 1.27. The first kappa shape index (κ1) is 21.7. The summed E-state index contributed by atoms with van der Waals surface area (Å²) in [4.78, 5) is 14.1. The van der Waals surface area contributed by atoms with E-state index >= 15 is 0 Å². The lowest BCUT2D eigenvalue weighted by Crippen LogP contribution is -2.61. The molecule has 1 spiro atoms. The monoisotopic (exact) mass is 423 g/mol. The molecular formula is C26H35N2O3+. The Labute approximate surface area is 186 Å². The lowest BCUT2D eigenvalue weighted by Gasteiger charge is -2.54. The molecule has 5 nitrogen and oxygen atoms in total. The minimum Gasteiger partial charge on any atom is -0.490 e. The molecule has 1 aliphatic carbocycles. The third-order valence-corrected chi connectivity index (χ3v) is 6.41. The van der Waals surface area contributed by atoms with Gasteiger partial charge in [0.25, 0.3) is 0 Å². The highest BCUT2D eigenvalue weighted by Gasteiger charge is 2.50. The van der Waals surface area contributed by atoms with Crippen molar-refractivity contribution in [2.75, 3.05) is 13.1 Å². The molecule has 4 rings (SSSR count). The zero-order valence-electron chi connectivity index (χ0n) is 19.2. The van der Waals surface area contributed by atoms with Gasteiger partial charge in [0.2, 0.25) is 0 Å². The highest BCUT2D eigenvalue weighted by atomic mass is 16.6. The van der Waals surface area contributed by atoms with Crippen molar-refractivity contribution in [1.29, 1.82) is 0 Å². The SMILES string of the molecule is C[C@H]1CC2(CC[C@@H]1Oc1cc[n+](Cc3ccccc3)cc1)CN(C(=O)OC(C)(C)C)C2. The van der Waals surface area contributed by atoms with Crippen LogP contribution in [0.1, 0.15) is 52.5 Å². The molecule has 1 aromatic carbocycles. The summed E-state index contributed by atoms with van der Waals surface area (Å²) in [6.07, 6.45) is 7.44. The topological polar surface area (TPSA) is 42.7 Å². The van der Waals surface area contributed by atoms with E-state index in [-0.39, 0.29) is 17.6 Å². The Bertz CT molecular complexity index is 883. The number of nitrogens with zero attached hydrogens (tertiary/aromatic N) is 2. The van der Waals surface area contributed by atoms with Crippen molar-refractivity contribution in [3.8, 4) is 5.75 Å². The van der Waals surface area contributed by atoms with Gasteiger partial charge in [-0.25, -0.2) is 9.36 Å². The third-order valence-electron chi connectivity index (χ3n) is 6.41. The molecule has 2 aromatic rings. The third kappa shape index (κ3) is 5.38. The number of ether oxygens (including phenoxy) is 2. The van der Waals surface area contributed by atoms with Gasteiger partial charge in [-0.2, -0.15) is 0 Å². The standard InChI is InChI=1S/C26H35N2O3/c1-20-16-26(18-28(19-26)24(29)31-25(2,3)4)13-10-23(20)30-22-11-14-27(15-12-22)17-21-8-6-5-7-9-21/h5-9,11-12,14-15,20,23H,10,13,16-19H2,1-4H3/q+1/t20-,23-/m0/s1. The predicted octanol–water partition coefficient (Wildman–Crippen LogP) is 4.83. The highest BCUT2D eigenvalue weighted by molar-refractivity contribution is 5.69. The fourth-order valence-corrected chi connectivity index (χ4v) is 4.93. The molecule has 0 radical (unpaired) electrons. The summed E-state index contributed by atoms with van der Waals surface area (Å²) in [6.45, 7) is 10.5. The minimum atomic E-state index is -0.437. The van der Waals surface area contributed by atoms with Crippen molar-refractivity contribution in [3.63, 3.8) is 0 Å². The molecule has 166 valence electrons. The Morgan fingerprint density at radius 3 is 2.42 bits per heavy atom. The predicted molar refractivity (Wildman–Crippen MR) is 120 cm³/mol. The number of benzene rings is 1. The number of hydrogen-bond donors (Lipinski definition) is 0. The van der Waals surface area contributed by atoms with Gasteiger partial charge in [-0.05, 0) is 46.0 Å². The summed E-state index contributed by atoms with van der Waals surface area (Å²) in [6, 6.07) is 14.6. The summed E-state index contributed by atoms with van der Waals surface area (Å²) < 4.78 is 14.0. The number of amides is 1. The van der Waals surface area contributed by atoms with E-state index in [9.17, 15) is 4.79 Å². The molecule has 1 saturated heterocycles. The van der Waals surface area contributed by atoms with Crippen LogP contribution in [0.3, 0.4) is 0 Å². The van der Waals surface area contributed by atoms with Crippen LogP contribution >= 0.6 is 0 Å². The van der Waals surface area contributed by atoms with Crippen LogP contribution in [-0.4, -0.2) is 35.8 Å². The minimum absolute atomic E-state index is 0.183. The molecule has 1 aliphatic heterocycles. The second-order valence-electron chi connectivity index (χ2n) is 10.4. The summed E-state index contributed by atoms with van der Waals surface area (Å²) in [5.74, 6) is 1.40. The van der Waals surface area contributed by atoms with Gasteiger partial charge in [0.05, 0.1) is 0 Å². The van der Waals surface area contributed by atoms with Gasteiger partial charge in [0.15, 0.2) is 18.9 Å². The van der Waals surface area contributed by atoms with Crippen LogP contribution in [0.2, 0.25) is 0 Å². The number of aromatic nitrogens is 1. The average Bonchev–Trinajstić information content (AvgIpc) is 2.68. The fraction of sp³-hybridized carbons (Fsp3) is 0.538. The lowest BCUT2D eigenvalue weighted by molar-refractivity contribution is -0.688. The van der Waals surface area contributed by atoms with Crippen molar-refractivity contribution >= 4 is 6.09 Å². The van der Waals surface area contributed by atoms with Gasteiger partial charge in [-0.15, -0.1) is 0 Å². The van der Waals surface area contributed by atoms with Gasteiger partial charge in [0, 0.05) is 36.2 Å². The lowest BCUT2D eigenvalue weighted by atomic mass is 9.64. The number of likely N-dealkylation sites (tertiary alicyclic amines) is 1.